The molecule has 3 unspecified atom stereocenters. The molecule has 23 heteroatoms. The van der Waals surface area contributed by atoms with Crippen LogP contribution in [0.2, 0.25) is 12.6 Å². The van der Waals surface area contributed by atoms with E-state index in [1.807, 2.05) is 26.8 Å². The number of imidazole rings is 1. The number of hydrogen-bond donors (Lipinski definition) is 3. The minimum atomic E-state index is -4.15. The first-order valence-electron chi connectivity index (χ1n) is 27.1. The standard InChI is InChI=1S/C55H72N10O10P2Si/c1-10-42-47(37(6)53(71-42)64-33-57-45-49(64)60-54(61-51(45)67)56-29-34(2)3)75-77(69,62(7)8)70-31-43-46(36(5)52(72-43)63-30-35(4)48(59-55(63)68)58-50(66)38-21-14-11-15-22-38)74-76-65-28-20-27-41(65)44(73-76)32-78(9,39-23-16-12-17-24-39)40-25-18-13-19-26-40/h11-19,21-26,30,33-34,36-37,41-44,46-47,52-53H,10,20,27-29,31-32H2,1-9H3,(H2,56,60,61,67)(H,58,59,66,68)/t36?,37?,41-,42+,43+,44+,46+,47+,52+,53+,76+,77?/m0/s1. The summed E-state index contributed by atoms with van der Waals surface area (Å²) in [5.74, 6) is -0.530. The van der Waals surface area contributed by atoms with Crippen molar-refractivity contribution < 1.29 is 36.9 Å². The number of rotatable bonds is 20. The van der Waals surface area contributed by atoms with Crippen molar-refractivity contribution in [3.63, 3.8) is 0 Å². The third-order valence-corrected chi connectivity index (χ3v) is 23.9. The van der Waals surface area contributed by atoms with Crippen LogP contribution < -0.4 is 32.3 Å². The zero-order valence-corrected chi connectivity index (χ0v) is 48.5. The Morgan fingerprint density at radius 2 is 1.55 bits per heavy atom. The summed E-state index contributed by atoms with van der Waals surface area (Å²) in [6.45, 7) is 15.3. The maximum Gasteiger partial charge on any atom is 0.408 e. The molecule has 6 aromatic rings. The highest BCUT2D eigenvalue weighted by Crippen LogP contribution is 2.60. The number of fused-ring (bicyclic) bond motifs is 2. The fraction of sp³-hybridized carbons (Fsp3) is 0.491. The Morgan fingerprint density at radius 1 is 0.910 bits per heavy atom. The average Bonchev–Trinajstić information content (AvgIpc) is 4.39. The molecule has 1 amide bonds. The Kier molecular flexibility index (Phi) is 16.8. The van der Waals surface area contributed by atoms with E-state index in [-0.39, 0.29) is 35.6 Å². The van der Waals surface area contributed by atoms with Crippen LogP contribution in [-0.4, -0.2) is 123 Å². The monoisotopic (exact) mass is 1120 g/mol. The number of ether oxygens (including phenoxy) is 2. The SMILES string of the molecule is CC[C@H]1O[C@@H](n2cnc3c(=O)[nH]c(NCC(C)C)nc32)C(C)[C@H]1OP(=O)(OC[C@H]1O[C@@H](n2cc(C)c(NC(=O)c3ccccc3)nc2=O)C(C)[C@H]1O[P@@]1O[C@H](C[Si](C)(c2ccccc2)c2ccccc2)[C@@H]2CCCN21)N(C)C. The van der Waals surface area contributed by atoms with Crippen LogP contribution in [0.25, 0.3) is 11.2 Å². The lowest BCUT2D eigenvalue weighted by Gasteiger charge is -2.32. The average molecular weight is 1120 g/mol. The maximum atomic E-state index is 15.3. The predicted molar refractivity (Wildman–Crippen MR) is 303 cm³/mol. The Hall–Kier alpha value is -5.28. The Morgan fingerprint density at radius 3 is 2.21 bits per heavy atom. The molecule has 7 heterocycles. The lowest BCUT2D eigenvalue weighted by Crippen LogP contribution is -2.58. The number of nitrogens with one attached hydrogen (secondary N) is 3. The van der Waals surface area contributed by atoms with E-state index >= 15 is 4.57 Å². The molecular formula is C55H72N10O10P2Si. The lowest BCUT2D eigenvalue weighted by atomic mass is 10.0. The van der Waals surface area contributed by atoms with Crippen LogP contribution in [0.4, 0.5) is 11.8 Å². The summed E-state index contributed by atoms with van der Waals surface area (Å²) < 4.78 is 63.4. The van der Waals surface area contributed by atoms with Gasteiger partial charge in [-0.05, 0) is 64.4 Å². The summed E-state index contributed by atoms with van der Waals surface area (Å²) in [4.78, 5) is 56.7. The molecule has 0 saturated carbocycles. The first-order chi connectivity index (χ1) is 37.5. The van der Waals surface area contributed by atoms with E-state index in [1.54, 1.807) is 62.4 Å². The van der Waals surface area contributed by atoms with Crippen LogP contribution in [0, 0.1) is 24.7 Å². The number of hydrogen-bond acceptors (Lipinski definition) is 15. The fourth-order valence-corrected chi connectivity index (χ4v) is 18.8. The number of carbonyl (C=O) groups excluding carboxylic acids is 1. The van der Waals surface area contributed by atoms with Gasteiger partial charge in [-0.3, -0.25) is 32.8 Å². The second-order valence-electron chi connectivity index (χ2n) is 21.8. The molecule has 20 nitrogen and oxygen atoms in total. The largest absolute Gasteiger partial charge is 0.408 e. The highest BCUT2D eigenvalue weighted by atomic mass is 31.2. The van der Waals surface area contributed by atoms with E-state index in [0.717, 1.165) is 25.4 Å². The van der Waals surface area contributed by atoms with E-state index in [0.29, 0.717) is 41.6 Å². The summed E-state index contributed by atoms with van der Waals surface area (Å²) in [5.41, 5.74) is 0.455. The van der Waals surface area contributed by atoms with Gasteiger partial charge in [-0.1, -0.05) is 130 Å². The van der Waals surface area contributed by atoms with E-state index in [4.69, 9.17) is 32.6 Å². The minimum Gasteiger partial charge on any atom is -0.355 e. The summed E-state index contributed by atoms with van der Waals surface area (Å²) in [5, 5.41) is 8.66. The molecule has 0 spiro atoms. The van der Waals surface area contributed by atoms with Crippen molar-refractivity contribution in [3.8, 4) is 0 Å². The van der Waals surface area contributed by atoms with Crippen LogP contribution in [0.15, 0.2) is 113 Å². The van der Waals surface area contributed by atoms with E-state index < -0.39 is 84.7 Å². The predicted octanol–water partition coefficient (Wildman–Crippen LogP) is 7.92. The number of aromatic nitrogens is 6. The Bertz CT molecular complexity index is 3190. The molecule has 3 aromatic carbocycles. The minimum absolute atomic E-state index is 0.111. The van der Waals surface area contributed by atoms with Crippen molar-refractivity contribution in [2.75, 3.05) is 44.4 Å². The molecule has 0 radical (unpaired) electrons. The summed E-state index contributed by atoms with van der Waals surface area (Å²) >= 11 is 0. The van der Waals surface area contributed by atoms with Crippen molar-refractivity contribution in [1.82, 2.24) is 38.4 Å². The molecule has 4 saturated heterocycles. The van der Waals surface area contributed by atoms with Gasteiger partial charge >= 0.3 is 13.4 Å². The molecule has 10 rings (SSSR count). The normalized spacial score (nSPS) is 27.2. The first kappa shape index (κ1) is 56.0. The van der Waals surface area contributed by atoms with E-state index in [2.05, 4.69) is 111 Å². The van der Waals surface area contributed by atoms with Gasteiger partial charge in [-0.2, -0.15) is 9.97 Å². The molecule has 78 heavy (non-hydrogen) atoms. The van der Waals surface area contributed by atoms with Gasteiger partial charge in [0.2, 0.25) is 5.95 Å². The van der Waals surface area contributed by atoms with Gasteiger partial charge in [0.1, 0.15) is 44.7 Å². The molecule has 3 N–H and O–H groups in total. The zero-order chi connectivity index (χ0) is 55.0. The molecule has 416 valence electrons. The van der Waals surface area contributed by atoms with Gasteiger partial charge in [0.25, 0.3) is 20.0 Å². The van der Waals surface area contributed by atoms with Gasteiger partial charge in [0.15, 0.2) is 11.2 Å². The number of aromatic amines is 1. The Labute approximate surface area is 457 Å². The fourth-order valence-electron chi connectivity index (χ4n) is 11.3. The van der Waals surface area contributed by atoms with Crippen molar-refractivity contribution >= 4 is 63.6 Å². The number of nitrogens with zero attached hydrogens (tertiary/aromatic N) is 7. The summed E-state index contributed by atoms with van der Waals surface area (Å²) in [6, 6.07) is 31.2. The van der Waals surface area contributed by atoms with Gasteiger partial charge in [0, 0.05) is 48.3 Å². The molecule has 0 aliphatic carbocycles. The van der Waals surface area contributed by atoms with Gasteiger partial charge < -0.3 is 29.2 Å². The van der Waals surface area contributed by atoms with Gasteiger partial charge in [-0.15, -0.1) is 0 Å². The molecule has 4 fully saturated rings. The number of aryl methyl sites for hydroxylation is 1. The highest BCUT2D eigenvalue weighted by Gasteiger charge is 2.55. The number of carbonyl (C=O) groups is 1. The quantitative estimate of drug-likeness (QED) is 0.0488. The molecular weight excluding hydrogens is 1050 g/mol. The van der Waals surface area contributed by atoms with Gasteiger partial charge in [-0.25, -0.2) is 23.7 Å². The number of benzene rings is 3. The van der Waals surface area contributed by atoms with Crippen LogP contribution in [-0.2, 0) is 32.1 Å². The van der Waals surface area contributed by atoms with Crippen LogP contribution in [0.5, 0.6) is 0 Å². The van der Waals surface area contributed by atoms with Crippen LogP contribution in [0.3, 0.4) is 0 Å². The molecule has 4 aliphatic rings. The zero-order valence-electron chi connectivity index (χ0n) is 45.7. The highest BCUT2D eigenvalue weighted by molar-refractivity contribution is 7.51. The second-order valence-corrected chi connectivity index (χ2v) is 29.7. The van der Waals surface area contributed by atoms with Gasteiger partial charge in [0.05, 0.1) is 25.1 Å². The second kappa shape index (κ2) is 23.4. The van der Waals surface area contributed by atoms with Crippen molar-refractivity contribution in [2.45, 2.75) is 122 Å². The van der Waals surface area contributed by atoms with E-state index in [9.17, 15) is 14.4 Å². The lowest BCUT2D eigenvalue weighted by molar-refractivity contribution is -0.0484. The van der Waals surface area contributed by atoms with Crippen LogP contribution >= 0.6 is 16.3 Å². The number of amides is 1. The summed E-state index contributed by atoms with van der Waals surface area (Å²) in [7, 11) is -4.86. The third-order valence-electron chi connectivity index (χ3n) is 15.7. The smallest absolute Gasteiger partial charge is 0.355 e. The molecule has 3 aromatic heterocycles. The third kappa shape index (κ3) is 11.3. The number of anilines is 2. The molecule has 4 aliphatic heterocycles. The first-order valence-corrected chi connectivity index (χ1v) is 32.4. The van der Waals surface area contributed by atoms with Crippen LogP contribution in [0.1, 0.15) is 82.3 Å². The Balaban J connectivity index is 0.925. The van der Waals surface area contributed by atoms with Crippen molar-refractivity contribution in [3.05, 3.63) is 135 Å². The summed E-state index contributed by atoms with van der Waals surface area (Å²) in [6.07, 6.45) is 1.10. The molecule has 12 atom stereocenters. The van der Waals surface area contributed by atoms with Crippen molar-refractivity contribution in [2.24, 2.45) is 17.8 Å². The maximum absolute atomic E-state index is 15.3. The number of H-pyrrole nitrogens is 1. The molecule has 0 bridgehead atoms. The topological polar surface area (TPSA) is 219 Å². The van der Waals surface area contributed by atoms with E-state index in [1.165, 1.54) is 19.6 Å². The van der Waals surface area contributed by atoms with Crippen molar-refractivity contribution in [1.29, 1.82) is 0 Å².